The Bertz CT molecular complexity index is 738. The topological polar surface area (TPSA) is 34.0 Å². The average molecular weight is 447 g/mol. The molecule has 1 atom stereocenters. The molecule has 27 heavy (non-hydrogen) atoms. The normalized spacial score (nSPS) is 14.4. The molecule has 2 heterocycles. The summed E-state index contributed by atoms with van der Waals surface area (Å²) in [6, 6.07) is 4.40. The lowest BCUT2D eigenvalue weighted by Crippen LogP contribution is -2.42. The largest absolute Gasteiger partial charge is 0.412 e. The third-order valence-electron chi connectivity index (χ3n) is 3.91. The standard InChI is InChI=1S/C15H14BrF3N4.2C2H6/c1-9-14-21-20-10(2)23(14)8-7-22(9)13(15(17,18)19)11-3-5-12(16)6-4-11;2*1-2/h3-6,13H,1,7-8H2,2H3;2*1-2H3. The van der Waals surface area contributed by atoms with Gasteiger partial charge in [0.25, 0.3) is 0 Å². The van der Waals surface area contributed by atoms with Gasteiger partial charge in [-0.3, -0.25) is 0 Å². The third kappa shape index (κ3) is 5.12. The molecular weight excluding hydrogens is 421 g/mol. The minimum atomic E-state index is -4.42. The van der Waals surface area contributed by atoms with Crippen LogP contribution in [0.25, 0.3) is 5.70 Å². The Kier molecular flexibility index (Phi) is 8.53. The summed E-state index contributed by atoms with van der Waals surface area (Å²) in [5, 5.41) is 7.88. The maximum atomic E-state index is 13.7. The van der Waals surface area contributed by atoms with Gasteiger partial charge in [0.05, 0.1) is 5.70 Å². The molecule has 0 fully saturated rings. The van der Waals surface area contributed by atoms with E-state index in [0.717, 1.165) is 4.47 Å². The number of halogens is 4. The van der Waals surface area contributed by atoms with Crippen LogP contribution < -0.4 is 0 Å². The van der Waals surface area contributed by atoms with E-state index in [9.17, 15) is 13.2 Å². The van der Waals surface area contributed by atoms with Gasteiger partial charge in [-0.25, -0.2) is 0 Å². The summed E-state index contributed by atoms with van der Waals surface area (Å²) in [5.74, 6) is 1.06. The van der Waals surface area contributed by atoms with Crippen molar-refractivity contribution in [3.05, 3.63) is 52.5 Å². The van der Waals surface area contributed by atoms with Crippen LogP contribution in [0.4, 0.5) is 13.2 Å². The van der Waals surface area contributed by atoms with Crippen molar-refractivity contribution in [2.75, 3.05) is 6.54 Å². The van der Waals surface area contributed by atoms with Gasteiger partial charge in [-0.15, -0.1) is 10.2 Å². The first kappa shape index (κ1) is 23.2. The highest BCUT2D eigenvalue weighted by atomic mass is 79.9. The molecule has 3 rings (SSSR count). The number of fused-ring (bicyclic) bond motifs is 1. The molecule has 0 amide bonds. The van der Waals surface area contributed by atoms with Crippen molar-refractivity contribution < 1.29 is 13.2 Å². The minimum absolute atomic E-state index is 0.173. The van der Waals surface area contributed by atoms with Crippen LogP contribution >= 0.6 is 15.9 Å². The molecule has 8 heteroatoms. The van der Waals surface area contributed by atoms with E-state index in [1.165, 1.54) is 17.0 Å². The number of hydrogen-bond donors (Lipinski definition) is 0. The number of hydrogen-bond acceptors (Lipinski definition) is 3. The minimum Gasteiger partial charge on any atom is -0.352 e. The average Bonchev–Trinajstić information content (AvgIpc) is 3.03. The summed E-state index contributed by atoms with van der Waals surface area (Å²) >= 11 is 3.24. The zero-order valence-corrected chi connectivity index (χ0v) is 17.9. The molecule has 0 aliphatic carbocycles. The Morgan fingerprint density at radius 3 is 2.11 bits per heavy atom. The van der Waals surface area contributed by atoms with Gasteiger partial charge in [-0.05, 0) is 24.6 Å². The van der Waals surface area contributed by atoms with Crippen LogP contribution in [0.5, 0.6) is 0 Å². The molecule has 1 aliphatic heterocycles. The van der Waals surface area contributed by atoms with Crippen LogP contribution in [-0.4, -0.2) is 32.4 Å². The van der Waals surface area contributed by atoms with Crippen molar-refractivity contribution in [1.29, 1.82) is 0 Å². The van der Waals surface area contributed by atoms with Gasteiger partial charge in [0, 0.05) is 17.6 Å². The Hall–Kier alpha value is -1.83. The van der Waals surface area contributed by atoms with Gasteiger partial charge in [-0.1, -0.05) is 62.3 Å². The second-order valence-corrected chi connectivity index (χ2v) is 6.27. The van der Waals surface area contributed by atoms with Crippen LogP contribution in [0.1, 0.15) is 50.9 Å². The summed E-state index contributed by atoms with van der Waals surface area (Å²) in [7, 11) is 0. The number of alkyl halides is 3. The molecule has 0 radical (unpaired) electrons. The molecule has 0 bridgehead atoms. The summed E-state index contributed by atoms with van der Waals surface area (Å²) in [6.45, 7) is 14.2. The molecule has 4 nitrogen and oxygen atoms in total. The Morgan fingerprint density at radius 2 is 1.59 bits per heavy atom. The van der Waals surface area contributed by atoms with Crippen LogP contribution in [0.2, 0.25) is 0 Å². The van der Waals surface area contributed by atoms with E-state index in [-0.39, 0.29) is 17.8 Å². The number of benzene rings is 1. The maximum absolute atomic E-state index is 13.7. The first-order valence-electron chi connectivity index (χ1n) is 8.97. The summed E-state index contributed by atoms with van der Waals surface area (Å²) in [6.07, 6.45) is -4.42. The van der Waals surface area contributed by atoms with Gasteiger partial charge >= 0.3 is 6.18 Å². The predicted octanol–water partition coefficient (Wildman–Crippen LogP) is 5.99. The van der Waals surface area contributed by atoms with Crippen LogP contribution in [0.15, 0.2) is 35.3 Å². The van der Waals surface area contributed by atoms with Gasteiger partial charge in [0.1, 0.15) is 5.82 Å². The molecule has 150 valence electrons. The Balaban J connectivity index is 0.000000855. The lowest BCUT2D eigenvalue weighted by Gasteiger charge is -2.38. The second kappa shape index (κ2) is 9.92. The molecule has 1 aromatic heterocycles. The van der Waals surface area contributed by atoms with E-state index in [1.54, 1.807) is 23.6 Å². The van der Waals surface area contributed by atoms with E-state index in [1.807, 2.05) is 27.7 Å². The van der Waals surface area contributed by atoms with E-state index in [2.05, 4.69) is 32.7 Å². The SMILES string of the molecule is C=C1c2nnc(C)n2CCN1C(c1ccc(Br)cc1)C(F)(F)F.CC.CC. The van der Waals surface area contributed by atoms with E-state index >= 15 is 0 Å². The lowest BCUT2D eigenvalue weighted by molar-refractivity contribution is -0.178. The van der Waals surface area contributed by atoms with Crippen molar-refractivity contribution in [3.63, 3.8) is 0 Å². The fraction of sp³-hybridized carbons (Fsp3) is 0.474. The fourth-order valence-corrected chi connectivity index (χ4v) is 3.07. The molecule has 0 saturated carbocycles. The molecule has 0 saturated heterocycles. The van der Waals surface area contributed by atoms with Crippen molar-refractivity contribution in [2.24, 2.45) is 0 Å². The first-order valence-corrected chi connectivity index (χ1v) is 9.76. The van der Waals surface area contributed by atoms with Gasteiger partial charge in [0.15, 0.2) is 11.9 Å². The molecule has 0 N–H and O–H groups in total. The molecule has 1 aromatic carbocycles. The van der Waals surface area contributed by atoms with Gasteiger partial charge < -0.3 is 9.47 Å². The second-order valence-electron chi connectivity index (χ2n) is 5.36. The van der Waals surface area contributed by atoms with Crippen molar-refractivity contribution in [3.8, 4) is 0 Å². The summed E-state index contributed by atoms with van der Waals surface area (Å²) in [4.78, 5) is 1.26. The number of nitrogens with zero attached hydrogens (tertiary/aromatic N) is 4. The number of aryl methyl sites for hydroxylation is 1. The quantitative estimate of drug-likeness (QED) is 0.567. The highest BCUT2D eigenvalue weighted by Gasteiger charge is 2.46. The van der Waals surface area contributed by atoms with Crippen LogP contribution in [-0.2, 0) is 6.54 Å². The van der Waals surface area contributed by atoms with Crippen LogP contribution in [0.3, 0.4) is 0 Å². The van der Waals surface area contributed by atoms with Crippen molar-refractivity contribution in [2.45, 2.75) is 53.4 Å². The van der Waals surface area contributed by atoms with E-state index in [4.69, 9.17) is 0 Å². The molecule has 2 aromatic rings. The van der Waals surface area contributed by atoms with Crippen molar-refractivity contribution >= 4 is 21.6 Å². The zero-order valence-electron chi connectivity index (χ0n) is 16.3. The molecular formula is C19H26BrF3N4. The van der Waals surface area contributed by atoms with Crippen molar-refractivity contribution in [1.82, 2.24) is 19.7 Å². The Morgan fingerprint density at radius 1 is 1.04 bits per heavy atom. The number of aromatic nitrogens is 3. The molecule has 1 unspecified atom stereocenters. The monoisotopic (exact) mass is 446 g/mol. The van der Waals surface area contributed by atoms with Crippen LogP contribution in [0, 0.1) is 6.92 Å². The zero-order chi connectivity index (χ0) is 20.8. The fourth-order valence-electron chi connectivity index (χ4n) is 2.81. The number of rotatable bonds is 2. The molecule has 1 aliphatic rings. The smallest absolute Gasteiger partial charge is 0.352 e. The highest BCUT2D eigenvalue weighted by Crippen LogP contribution is 2.42. The van der Waals surface area contributed by atoms with E-state index in [0.29, 0.717) is 18.2 Å². The van der Waals surface area contributed by atoms with Gasteiger partial charge in [-0.2, -0.15) is 13.2 Å². The Labute approximate surface area is 167 Å². The molecule has 0 spiro atoms. The predicted molar refractivity (Wildman–Crippen MR) is 106 cm³/mol. The lowest BCUT2D eigenvalue weighted by atomic mass is 10.0. The summed E-state index contributed by atoms with van der Waals surface area (Å²) < 4.78 is 43.6. The van der Waals surface area contributed by atoms with E-state index < -0.39 is 12.2 Å². The van der Waals surface area contributed by atoms with Gasteiger partial charge in [0.2, 0.25) is 0 Å². The maximum Gasteiger partial charge on any atom is 0.412 e. The first-order chi connectivity index (χ1) is 12.8. The summed E-state index contributed by atoms with van der Waals surface area (Å²) in [5.41, 5.74) is 0.411. The third-order valence-corrected chi connectivity index (χ3v) is 4.44. The highest BCUT2D eigenvalue weighted by molar-refractivity contribution is 9.10.